The summed E-state index contributed by atoms with van der Waals surface area (Å²) in [5.74, 6) is 0. The van der Waals surface area contributed by atoms with Crippen LogP contribution >= 0.6 is 0 Å². The molecule has 4 rings (SSSR count). The Bertz CT molecular complexity index is 1170. The summed E-state index contributed by atoms with van der Waals surface area (Å²) in [7, 11) is 2.08. The number of halogens is 6. The van der Waals surface area contributed by atoms with Gasteiger partial charge in [0.2, 0.25) is 0 Å². The van der Waals surface area contributed by atoms with Crippen LogP contribution in [-0.2, 0) is 25.4 Å². The molecule has 0 amide bonds. The maximum Gasteiger partial charge on any atom is 0.416 e. The summed E-state index contributed by atoms with van der Waals surface area (Å²) in [5.41, 5.74) is -0.133. The summed E-state index contributed by atoms with van der Waals surface area (Å²) in [6.07, 6.45) is -5.11. The van der Waals surface area contributed by atoms with Gasteiger partial charge in [0.1, 0.15) is 0 Å². The molecule has 1 fully saturated rings. The van der Waals surface area contributed by atoms with Gasteiger partial charge in [0.15, 0.2) is 0 Å². The van der Waals surface area contributed by atoms with Crippen LogP contribution in [0.5, 0.6) is 0 Å². The van der Waals surface area contributed by atoms with Crippen molar-refractivity contribution in [1.29, 1.82) is 0 Å². The molecule has 1 N–H and O–H groups in total. The zero-order valence-corrected chi connectivity index (χ0v) is 20.2. The molecule has 2 aromatic carbocycles. The molecule has 0 spiro atoms. The highest BCUT2D eigenvalue weighted by molar-refractivity contribution is 5.79. The van der Waals surface area contributed by atoms with Crippen molar-refractivity contribution < 1.29 is 26.3 Å². The number of hydrogen-bond acceptors (Lipinski definition) is 3. The first-order valence-corrected chi connectivity index (χ1v) is 12.0. The second-order valence-electron chi connectivity index (χ2n) is 9.52. The first-order chi connectivity index (χ1) is 16.9. The molecule has 1 atom stereocenters. The number of benzene rings is 2. The van der Waals surface area contributed by atoms with E-state index in [2.05, 4.69) is 24.2 Å². The molecule has 1 aliphatic carbocycles. The van der Waals surface area contributed by atoms with Crippen LogP contribution in [0, 0.1) is 0 Å². The molecule has 1 heterocycles. The van der Waals surface area contributed by atoms with Gasteiger partial charge in [-0.25, -0.2) is 0 Å². The minimum absolute atomic E-state index is 0.0000968. The summed E-state index contributed by atoms with van der Waals surface area (Å²) in [6, 6.07) is 11.8. The molecule has 1 aliphatic rings. The third-order valence-corrected chi connectivity index (χ3v) is 7.04. The Hall–Kier alpha value is -2.65. The van der Waals surface area contributed by atoms with Gasteiger partial charge < -0.3 is 5.32 Å². The first kappa shape index (κ1) is 26.4. The molecule has 3 aromatic rings. The number of nitrogens with zero attached hydrogens (tertiary/aromatic N) is 2. The third-order valence-electron chi connectivity index (χ3n) is 7.04. The van der Waals surface area contributed by atoms with Crippen molar-refractivity contribution >= 4 is 10.9 Å². The molecular weight excluding hydrogens is 480 g/mol. The molecule has 9 heteroatoms. The van der Waals surface area contributed by atoms with Gasteiger partial charge in [-0.3, -0.25) is 9.88 Å². The Morgan fingerprint density at radius 1 is 0.917 bits per heavy atom. The van der Waals surface area contributed by atoms with Gasteiger partial charge >= 0.3 is 12.4 Å². The highest BCUT2D eigenvalue weighted by Gasteiger charge is 2.36. The van der Waals surface area contributed by atoms with Gasteiger partial charge in [-0.1, -0.05) is 31.0 Å². The van der Waals surface area contributed by atoms with Gasteiger partial charge in [0.05, 0.1) is 22.3 Å². The molecule has 0 saturated heterocycles. The predicted molar refractivity (Wildman–Crippen MR) is 127 cm³/mol. The molecule has 194 valence electrons. The average molecular weight is 510 g/mol. The fraction of sp³-hybridized carbons (Fsp3) is 0.444. The lowest BCUT2D eigenvalue weighted by Gasteiger charge is -2.31. The highest BCUT2D eigenvalue weighted by Crippen LogP contribution is 2.36. The number of fused-ring (bicyclic) bond motifs is 1. The van der Waals surface area contributed by atoms with Crippen LogP contribution in [0.4, 0.5) is 26.3 Å². The lowest BCUT2D eigenvalue weighted by Crippen LogP contribution is -2.33. The van der Waals surface area contributed by atoms with Crippen molar-refractivity contribution in [1.82, 2.24) is 15.2 Å². The van der Waals surface area contributed by atoms with E-state index in [4.69, 9.17) is 4.98 Å². The smallest absolute Gasteiger partial charge is 0.309 e. The summed E-state index contributed by atoms with van der Waals surface area (Å²) in [5, 5.41) is 3.97. The minimum atomic E-state index is -4.87. The second kappa shape index (κ2) is 10.4. The normalized spacial score (nSPS) is 16.2. The summed E-state index contributed by atoms with van der Waals surface area (Å²) in [4.78, 5) is 7.22. The fourth-order valence-corrected chi connectivity index (χ4v) is 4.96. The third kappa shape index (κ3) is 6.00. The lowest BCUT2D eigenvalue weighted by atomic mass is 10.0. The molecule has 1 aromatic heterocycles. The first-order valence-electron chi connectivity index (χ1n) is 12.0. The minimum Gasteiger partial charge on any atom is -0.309 e. The number of pyridine rings is 1. The van der Waals surface area contributed by atoms with Gasteiger partial charge in [-0.05, 0) is 68.3 Å². The second-order valence-corrected chi connectivity index (χ2v) is 9.52. The molecule has 3 nitrogen and oxygen atoms in total. The lowest BCUT2D eigenvalue weighted by molar-refractivity contribution is -0.143. The molecule has 36 heavy (non-hydrogen) atoms. The van der Waals surface area contributed by atoms with Crippen LogP contribution in [0.15, 0.2) is 48.5 Å². The quantitative estimate of drug-likeness (QED) is 0.334. The van der Waals surface area contributed by atoms with Crippen LogP contribution in [0.1, 0.15) is 66.6 Å². The number of alkyl halides is 6. The van der Waals surface area contributed by atoms with Crippen molar-refractivity contribution in [2.24, 2.45) is 0 Å². The number of hydrogen-bond donors (Lipinski definition) is 1. The van der Waals surface area contributed by atoms with E-state index in [-0.39, 0.29) is 30.8 Å². The van der Waals surface area contributed by atoms with E-state index in [1.807, 2.05) is 30.3 Å². The van der Waals surface area contributed by atoms with Crippen molar-refractivity contribution in [2.45, 2.75) is 70.1 Å². The Labute approximate surface area is 206 Å². The van der Waals surface area contributed by atoms with Crippen LogP contribution in [0.2, 0.25) is 0 Å². The van der Waals surface area contributed by atoms with Crippen LogP contribution < -0.4 is 5.32 Å². The SMILES string of the molecule is CC(c1nc2ccccc2cc1CNCc1cc(C(F)(F)F)cc(C(F)(F)F)c1)N(C)C1CCCC1. The van der Waals surface area contributed by atoms with E-state index >= 15 is 0 Å². The largest absolute Gasteiger partial charge is 0.416 e. The van der Waals surface area contributed by atoms with Crippen molar-refractivity contribution in [3.05, 3.63) is 76.5 Å². The van der Waals surface area contributed by atoms with E-state index in [9.17, 15) is 26.3 Å². The van der Waals surface area contributed by atoms with Crippen molar-refractivity contribution in [3.8, 4) is 0 Å². The molecule has 0 aliphatic heterocycles. The summed E-state index contributed by atoms with van der Waals surface area (Å²) >= 11 is 0. The van der Waals surface area contributed by atoms with E-state index in [0.29, 0.717) is 6.04 Å². The van der Waals surface area contributed by atoms with Crippen LogP contribution in [0.25, 0.3) is 10.9 Å². The van der Waals surface area contributed by atoms with E-state index in [1.54, 1.807) is 0 Å². The summed E-state index contributed by atoms with van der Waals surface area (Å²) in [6.45, 7) is 2.20. The zero-order valence-electron chi connectivity index (χ0n) is 20.2. The van der Waals surface area contributed by atoms with Crippen molar-refractivity contribution in [2.75, 3.05) is 7.05 Å². The van der Waals surface area contributed by atoms with Crippen molar-refractivity contribution in [3.63, 3.8) is 0 Å². The standard InChI is InChI=1S/C27H29F6N3/c1-17(36(2)23-8-4-5-9-23)25-20(13-19-7-3-6-10-24(19)35-25)16-34-15-18-11-21(26(28,29)30)14-22(12-18)27(31,32)33/h3,6-7,10-14,17,23,34H,4-5,8-9,15-16H2,1-2H3. The molecular formula is C27H29F6N3. The van der Waals surface area contributed by atoms with Crippen LogP contribution in [0.3, 0.4) is 0 Å². The van der Waals surface area contributed by atoms with E-state index in [1.165, 1.54) is 12.8 Å². The Morgan fingerprint density at radius 3 is 2.14 bits per heavy atom. The number of para-hydroxylation sites is 1. The van der Waals surface area contributed by atoms with Gasteiger partial charge in [-0.2, -0.15) is 26.3 Å². The van der Waals surface area contributed by atoms with E-state index < -0.39 is 23.5 Å². The van der Waals surface area contributed by atoms with E-state index in [0.717, 1.165) is 47.1 Å². The number of aromatic nitrogens is 1. The Kier molecular flexibility index (Phi) is 7.61. The molecule has 1 unspecified atom stereocenters. The van der Waals surface area contributed by atoms with Gasteiger partial charge in [-0.15, -0.1) is 0 Å². The number of rotatable bonds is 7. The molecule has 0 radical (unpaired) electrons. The topological polar surface area (TPSA) is 28.2 Å². The zero-order chi connectivity index (χ0) is 26.1. The average Bonchev–Trinajstić information content (AvgIpc) is 3.36. The summed E-state index contributed by atoms with van der Waals surface area (Å²) < 4.78 is 79.3. The molecule has 1 saturated carbocycles. The van der Waals surface area contributed by atoms with Crippen LogP contribution in [-0.4, -0.2) is 23.0 Å². The monoisotopic (exact) mass is 509 g/mol. The molecule has 0 bridgehead atoms. The van der Waals surface area contributed by atoms with Gasteiger partial charge in [0, 0.05) is 30.6 Å². The Balaban J connectivity index is 1.59. The number of nitrogens with one attached hydrogen (secondary N) is 1. The Morgan fingerprint density at radius 2 is 1.53 bits per heavy atom. The highest BCUT2D eigenvalue weighted by atomic mass is 19.4. The maximum atomic E-state index is 13.2. The van der Waals surface area contributed by atoms with Gasteiger partial charge in [0.25, 0.3) is 0 Å². The fourth-order valence-electron chi connectivity index (χ4n) is 4.96. The predicted octanol–water partition coefficient (Wildman–Crippen LogP) is 7.50. The maximum absolute atomic E-state index is 13.2.